The molecule has 0 bridgehead atoms. The summed E-state index contributed by atoms with van der Waals surface area (Å²) in [7, 11) is 0. The van der Waals surface area contributed by atoms with Gasteiger partial charge in [-0.1, -0.05) is 60.1 Å². The molecule has 5 rings (SSSR count). The molecule has 1 aliphatic carbocycles. The molecule has 172 valence electrons. The van der Waals surface area contributed by atoms with E-state index in [-0.39, 0.29) is 18.4 Å². The third-order valence-corrected chi connectivity index (χ3v) is 5.97. The number of aromatic nitrogens is 2. The standard InChI is InChI=1S/C27H24ClN3O3/c28-21-12-10-20(11-13-21)27-30-29-25(34-27)18-31(22-14-15-22)26(32)16-17-33-24-9-5-4-8-23(24)19-6-2-1-3-7-19/h1-13,22H,14-18H2. The Kier molecular flexibility index (Phi) is 6.58. The van der Waals surface area contributed by atoms with Crippen LogP contribution < -0.4 is 4.74 Å². The molecule has 0 radical (unpaired) electrons. The average molecular weight is 474 g/mol. The summed E-state index contributed by atoms with van der Waals surface area (Å²) in [5, 5.41) is 8.91. The van der Waals surface area contributed by atoms with Gasteiger partial charge in [-0.2, -0.15) is 0 Å². The van der Waals surface area contributed by atoms with Crippen molar-refractivity contribution in [3.8, 4) is 28.3 Å². The number of carbonyl (C=O) groups is 1. The minimum atomic E-state index is 0.0194. The fraction of sp³-hybridized carbons (Fsp3) is 0.222. The Morgan fingerprint density at radius 2 is 1.68 bits per heavy atom. The van der Waals surface area contributed by atoms with Gasteiger partial charge in [-0.15, -0.1) is 10.2 Å². The molecule has 0 spiro atoms. The van der Waals surface area contributed by atoms with E-state index in [0.29, 0.717) is 30.0 Å². The van der Waals surface area contributed by atoms with Crippen molar-refractivity contribution in [2.45, 2.75) is 31.8 Å². The first-order valence-electron chi connectivity index (χ1n) is 11.3. The van der Waals surface area contributed by atoms with E-state index in [9.17, 15) is 4.79 Å². The fourth-order valence-electron chi connectivity index (χ4n) is 3.82. The molecule has 7 heteroatoms. The molecule has 1 heterocycles. The number of amides is 1. The first kappa shape index (κ1) is 22.2. The highest BCUT2D eigenvalue weighted by atomic mass is 35.5. The predicted molar refractivity (Wildman–Crippen MR) is 130 cm³/mol. The molecule has 0 saturated heterocycles. The summed E-state index contributed by atoms with van der Waals surface area (Å²) in [6.07, 6.45) is 2.25. The smallest absolute Gasteiger partial charge is 0.247 e. The zero-order valence-corrected chi connectivity index (χ0v) is 19.3. The second-order valence-electron chi connectivity index (χ2n) is 8.22. The Bertz CT molecular complexity index is 1250. The topological polar surface area (TPSA) is 68.5 Å². The maximum Gasteiger partial charge on any atom is 0.247 e. The van der Waals surface area contributed by atoms with Crippen LogP contribution in [-0.4, -0.2) is 33.7 Å². The molecule has 3 aromatic carbocycles. The third kappa shape index (κ3) is 5.29. The second kappa shape index (κ2) is 10.1. The molecule has 0 N–H and O–H groups in total. The van der Waals surface area contributed by atoms with Gasteiger partial charge in [0.05, 0.1) is 19.6 Å². The molecule has 0 atom stereocenters. The average Bonchev–Trinajstić information content (AvgIpc) is 3.61. The van der Waals surface area contributed by atoms with Gasteiger partial charge in [-0.05, 0) is 48.7 Å². The van der Waals surface area contributed by atoms with Gasteiger partial charge in [0.1, 0.15) is 5.75 Å². The summed E-state index contributed by atoms with van der Waals surface area (Å²) < 4.78 is 11.8. The van der Waals surface area contributed by atoms with E-state index in [1.54, 1.807) is 12.1 Å². The van der Waals surface area contributed by atoms with Crippen molar-refractivity contribution in [1.29, 1.82) is 0 Å². The normalized spacial score (nSPS) is 13.0. The summed E-state index contributed by atoms with van der Waals surface area (Å²) >= 11 is 5.95. The Balaban J connectivity index is 1.21. The number of rotatable bonds is 9. The molecule has 34 heavy (non-hydrogen) atoms. The van der Waals surface area contributed by atoms with Gasteiger partial charge in [-0.3, -0.25) is 4.79 Å². The van der Waals surface area contributed by atoms with E-state index in [1.807, 2.05) is 71.6 Å². The Hall–Kier alpha value is -3.64. The van der Waals surface area contributed by atoms with Crippen LogP contribution in [0.5, 0.6) is 5.75 Å². The summed E-state index contributed by atoms with van der Waals surface area (Å²) in [4.78, 5) is 14.9. The van der Waals surface area contributed by atoms with E-state index in [2.05, 4.69) is 10.2 Å². The maximum absolute atomic E-state index is 13.0. The molecule has 1 amide bonds. The van der Waals surface area contributed by atoms with E-state index < -0.39 is 0 Å². The van der Waals surface area contributed by atoms with E-state index in [1.165, 1.54) is 0 Å². The van der Waals surface area contributed by atoms with Crippen LogP contribution in [0.1, 0.15) is 25.2 Å². The number of hydrogen-bond acceptors (Lipinski definition) is 5. The lowest BCUT2D eigenvalue weighted by atomic mass is 10.1. The maximum atomic E-state index is 13.0. The molecule has 1 saturated carbocycles. The number of benzene rings is 3. The highest BCUT2D eigenvalue weighted by Crippen LogP contribution is 2.31. The van der Waals surface area contributed by atoms with Crippen LogP contribution in [0.25, 0.3) is 22.6 Å². The number of hydrogen-bond donors (Lipinski definition) is 0. The predicted octanol–water partition coefficient (Wildman–Crippen LogP) is 6.02. The minimum absolute atomic E-state index is 0.0194. The van der Waals surface area contributed by atoms with Crippen molar-refractivity contribution in [3.05, 3.63) is 89.8 Å². The van der Waals surface area contributed by atoms with Crippen molar-refractivity contribution in [3.63, 3.8) is 0 Å². The molecular weight excluding hydrogens is 450 g/mol. The molecule has 1 aromatic heterocycles. The van der Waals surface area contributed by atoms with Crippen LogP contribution in [0, 0.1) is 0 Å². The largest absolute Gasteiger partial charge is 0.492 e. The van der Waals surface area contributed by atoms with Gasteiger partial charge in [-0.25, -0.2) is 0 Å². The zero-order valence-electron chi connectivity index (χ0n) is 18.6. The summed E-state index contributed by atoms with van der Waals surface area (Å²) in [5.74, 6) is 1.62. The van der Waals surface area contributed by atoms with E-state index in [4.69, 9.17) is 20.8 Å². The van der Waals surface area contributed by atoms with Crippen LogP contribution in [0.4, 0.5) is 0 Å². The van der Waals surface area contributed by atoms with Gasteiger partial charge in [0, 0.05) is 22.2 Å². The minimum Gasteiger partial charge on any atom is -0.492 e. The van der Waals surface area contributed by atoms with Crippen LogP contribution in [-0.2, 0) is 11.3 Å². The highest BCUT2D eigenvalue weighted by Gasteiger charge is 2.33. The molecule has 6 nitrogen and oxygen atoms in total. The van der Waals surface area contributed by atoms with Crippen molar-refractivity contribution in [2.75, 3.05) is 6.61 Å². The van der Waals surface area contributed by atoms with E-state index in [0.717, 1.165) is 35.3 Å². The van der Waals surface area contributed by atoms with Crippen LogP contribution in [0.2, 0.25) is 5.02 Å². The number of nitrogens with zero attached hydrogens (tertiary/aromatic N) is 3. The van der Waals surface area contributed by atoms with Gasteiger partial charge >= 0.3 is 0 Å². The third-order valence-electron chi connectivity index (χ3n) is 5.72. The quantitative estimate of drug-likeness (QED) is 0.297. The van der Waals surface area contributed by atoms with Crippen LogP contribution in [0.3, 0.4) is 0 Å². The Labute approximate surface area is 203 Å². The molecule has 1 fully saturated rings. The second-order valence-corrected chi connectivity index (χ2v) is 8.66. The first-order valence-corrected chi connectivity index (χ1v) is 11.7. The number of ether oxygens (including phenoxy) is 1. The lowest BCUT2D eigenvalue weighted by molar-refractivity contribution is -0.133. The van der Waals surface area contributed by atoms with Crippen LogP contribution >= 0.6 is 11.6 Å². The van der Waals surface area contributed by atoms with Gasteiger partial charge < -0.3 is 14.1 Å². The monoisotopic (exact) mass is 473 g/mol. The molecular formula is C27H24ClN3O3. The Morgan fingerprint density at radius 1 is 0.941 bits per heavy atom. The lowest BCUT2D eigenvalue weighted by Crippen LogP contribution is -2.33. The summed E-state index contributed by atoms with van der Waals surface area (Å²) in [6, 6.07) is 25.4. The molecule has 4 aromatic rings. The van der Waals surface area contributed by atoms with Gasteiger partial charge in [0.15, 0.2) is 0 Å². The number of halogens is 1. The SMILES string of the molecule is O=C(CCOc1ccccc1-c1ccccc1)N(Cc1nnc(-c2ccc(Cl)cc2)o1)C1CC1. The summed E-state index contributed by atoms with van der Waals surface area (Å²) in [5.41, 5.74) is 2.88. The first-order chi connectivity index (χ1) is 16.7. The van der Waals surface area contributed by atoms with Gasteiger partial charge in [0.2, 0.25) is 17.7 Å². The molecule has 0 unspecified atom stereocenters. The summed E-state index contributed by atoms with van der Waals surface area (Å²) in [6.45, 7) is 0.594. The molecule has 0 aliphatic heterocycles. The fourth-order valence-corrected chi connectivity index (χ4v) is 3.95. The zero-order chi connectivity index (χ0) is 23.3. The van der Waals surface area contributed by atoms with E-state index >= 15 is 0 Å². The van der Waals surface area contributed by atoms with Crippen molar-refractivity contribution in [1.82, 2.24) is 15.1 Å². The van der Waals surface area contributed by atoms with Crippen molar-refractivity contribution < 1.29 is 13.9 Å². The number of carbonyl (C=O) groups excluding carboxylic acids is 1. The number of para-hydroxylation sites is 1. The van der Waals surface area contributed by atoms with Crippen molar-refractivity contribution >= 4 is 17.5 Å². The van der Waals surface area contributed by atoms with Gasteiger partial charge in [0.25, 0.3) is 0 Å². The van der Waals surface area contributed by atoms with Crippen molar-refractivity contribution in [2.24, 2.45) is 0 Å². The Morgan fingerprint density at radius 3 is 2.44 bits per heavy atom. The lowest BCUT2D eigenvalue weighted by Gasteiger charge is -2.21. The van der Waals surface area contributed by atoms with Crippen LogP contribution in [0.15, 0.2) is 83.3 Å². The highest BCUT2D eigenvalue weighted by molar-refractivity contribution is 6.30. The molecule has 1 aliphatic rings.